The Hall–Kier alpha value is -2.44. The van der Waals surface area contributed by atoms with Gasteiger partial charge < -0.3 is 5.32 Å². The zero-order chi connectivity index (χ0) is 16.7. The van der Waals surface area contributed by atoms with Crippen molar-refractivity contribution in [3.8, 4) is 0 Å². The van der Waals surface area contributed by atoms with E-state index in [4.69, 9.17) is 23.2 Å². The zero-order valence-corrected chi connectivity index (χ0v) is 13.3. The minimum atomic E-state index is -0.460. The van der Waals surface area contributed by atoms with Crippen LogP contribution in [0.25, 0.3) is 0 Å². The molecule has 6 nitrogen and oxygen atoms in total. The van der Waals surface area contributed by atoms with Gasteiger partial charge in [-0.15, -0.1) is 0 Å². The normalized spacial score (nSPS) is 10.5. The van der Waals surface area contributed by atoms with Gasteiger partial charge in [0.15, 0.2) is 0 Å². The summed E-state index contributed by atoms with van der Waals surface area (Å²) >= 11 is 11.6. The summed E-state index contributed by atoms with van der Waals surface area (Å²) in [5, 5.41) is 6.84. The Bertz CT molecular complexity index is 736. The van der Waals surface area contributed by atoms with Gasteiger partial charge in [-0.2, -0.15) is 5.10 Å². The molecule has 1 heterocycles. The van der Waals surface area contributed by atoms with Gasteiger partial charge >= 0.3 is 0 Å². The molecule has 118 valence electrons. The first kappa shape index (κ1) is 16.9. The van der Waals surface area contributed by atoms with Crippen LogP contribution in [0, 0.1) is 0 Å². The van der Waals surface area contributed by atoms with E-state index in [9.17, 15) is 9.59 Å². The second kappa shape index (κ2) is 8.26. The summed E-state index contributed by atoms with van der Waals surface area (Å²) in [4.78, 5) is 27.4. The lowest BCUT2D eigenvalue weighted by Crippen LogP contribution is -2.34. The lowest BCUT2D eigenvalue weighted by Gasteiger charge is -2.05. The van der Waals surface area contributed by atoms with Gasteiger partial charge in [-0.05, 0) is 24.3 Å². The molecule has 0 unspecified atom stereocenters. The summed E-state index contributed by atoms with van der Waals surface area (Å²) in [7, 11) is 0. The van der Waals surface area contributed by atoms with Gasteiger partial charge in [0.2, 0.25) is 0 Å². The van der Waals surface area contributed by atoms with Crippen LogP contribution in [0.2, 0.25) is 10.0 Å². The maximum atomic E-state index is 11.9. The van der Waals surface area contributed by atoms with E-state index in [1.54, 1.807) is 24.5 Å². The second-order valence-corrected chi connectivity index (χ2v) is 5.21. The highest BCUT2D eigenvalue weighted by Crippen LogP contribution is 2.22. The van der Waals surface area contributed by atoms with Crippen molar-refractivity contribution in [3.05, 3.63) is 63.9 Å². The van der Waals surface area contributed by atoms with Crippen molar-refractivity contribution in [2.24, 2.45) is 5.10 Å². The molecule has 0 aliphatic carbocycles. The van der Waals surface area contributed by atoms with Crippen LogP contribution in [0.5, 0.6) is 0 Å². The van der Waals surface area contributed by atoms with Gasteiger partial charge in [0.25, 0.3) is 11.8 Å². The Morgan fingerprint density at radius 2 is 2.04 bits per heavy atom. The smallest absolute Gasteiger partial charge is 0.259 e. The number of aromatic nitrogens is 1. The van der Waals surface area contributed by atoms with Crippen LogP contribution in [0.1, 0.15) is 15.9 Å². The number of hydrogen-bond acceptors (Lipinski definition) is 4. The number of carbonyl (C=O) groups is 2. The number of nitrogens with one attached hydrogen (secondary N) is 2. The van der Waals surface area contributed by atoms with Crippen LogP contribution in [0.4, 0.5) is 0 Å². The number of hydrogen-bond donors (Lipinski definition) is 2. The number of halogens is 2. The Morgan fingerprint density at radius 1 is 1.22 bits per heavy atom. The maximum absolute atomic E-state index is 11.9. The summed E-state index contributed by atoms with van der Waals surface area (Å²) in [5.74, 6) is -0.895. The van der Waals surface area contributed by atoms with E-state index in [2.05, 4.69) is 20.8 Å². The predicted octanol–water partition coefficient (Wildman–Crippen LogP) is 2.27. The fourth-order valence-electron chi connectivity index (χ4n) is 1.57. The number of nitrogens with zero attached hydrogens (tertiary/aromatic N) is 2. The number of amides is 2. The van der Waals surface area contributed by atoms with E-state index in [-0.39, 0.29) is 11.6 Å². The van der Waals surface area contributed by atoms with Crippen LogP contribution in [0.15, 0.2) is 47.8 Å². The molecule has 2 amide bonds. The van der Waals surface area contributed by atoms with Crippen molar-refractivity contribution < 1.29 is 9.59 Å². The van der Waals surface area contributed by atoms with Gasteiger partial charge in [0.05, 0.1) is 22.8 Å². The molecule has 2 N–H and O–H groups in total. The quantitative estimate of drug-likeness (QED) is 0.640. The Kier molecular flexibility index (Phi) is 6.08. The van der Waals surface area contributed by atoms with Gasteiger partial charge in [-0.25, -0.2) is 5.43 Å². The minimum Gasteiger partial charge on any atom is -0.343 e. The molecule has 0 spiro atoms. The molecule has 1 aromatic heterocycles. The minimum absolute atomic E-state index is 0.219. The van der Waals surface area contributed by atoms with Crippen LogP contribution >= 0.6 is 23.2 Å². The molecule has 0 saturated heterocycles. The first-order valence-corrected chi connectivity index (χ1v) is 7.27. The van der Waals surface area contributed by atoms with Crippen LogP contribution in [0.3, 0.4) is 0 Å². The average Bonchev–Trinajstić information content (AvgIpc) is 2.56. The van der Waals surface area contributed by atoms with Crippen molar-refractivity contribution in [2.45, 2.75) is 0 Å². The molecule has 0 saturated carbocycles. The van der Waals surface area contributed by atoms with Gasteiger partial charge in [0, 0.05) is 23.5 Å². The molecule has 0 aliphatic heterocycles. The highest BCUT2D eigenvalue weighted by Gasteiger charge is 2.09. The number of pyridine rings is 1. The van der Waals surface area contributed by atoms with Crippen LogP contribution < -0.4 is 10.7 Å². The predicted molar refractivity (Wildman–Crippen MR) is 88.8 cm³/mol. The van der Waals surface area contributed by atoms with Gasteiger partial charge in [-0.3, -0.25) is 14.6 Å². The lowest BCUT2D eigenvalue weighted by atomic mass is 10.2. The Labute approximate surface area is 142 Å². The molecule has 1 aromatic carbocycles. The summed E-state index contributed by atoms with van der Waals surface area (Å²) in [6.07, 6.45) is 4.68. The average molecular weight is 351 g/mol. The highest BCUT2D eigenvalue weighted by molar-refractivity contribution is 6.42. The van der Waals surface area contributed by atoms with Crippen LogP contribution in [-0.2, 0) is 4.79 Å². The number of benzene rings is 1. The molecule has 0 radical (unpaired) electrons. The molecule has 8 heteroatoms. The molecule has 0 fully saturated rings. The number of hydrazone groups is 1. The number of carbonyl (C=O) groups excluding carboxylic acids is 2. The maximum Gasteiger partial charge on any atom is 0.259 e. The van der Waals surface area contributed by atoms with Crippen molar-refractivity contribution >= 4 is 41.2 Å². The molecule has 0 atom stereocenters. The molecule has 23 heavy (non-hydrogen) atoms. The molecular formula is C15H12Cl2N4O2. The summed E-state index contributed by atoms with van der Waals surface area (Å²) in [6.45, 7) is -0.219. The molecular weight excluding hydrogens is 339 g/mol. The SMILES string of the molecule is O=C(CNC(=O)c1ccc(Cl)c(Cl)c1)N/N=C/c1cccnc1. The van der Waals surface area contributed by atoms with E-state index in [1.807, 2.05) is 0 Å². The van der Waals surface area contributed by atoms with Gasteiger partial charge in [-0.1, -0.05) is 29.3 Å². The van der Waals surface area contributed by atoms with Crippen molar-refractivity contribution in [3.63, 3.8) is 0 Å². The van der Waals surface area contributed by atoms with E-state index < -0.39 is 11.8 Å². The largest absolute Gasteiger partial charge is 0.343 e. The molecule has 2 aromatic rings. The van der Waals surface area contributed by atoms with Crippen LogP contribution in [-0.4, -0.2) is 29.6 Å². The number of rotatable bonds is 5. The third-order valence-electron chi connectivity index (χ3n) is 2.68. The zero-order valence-electron chi connectivity index (χ0n) is 11.8. The van der Waals surface area contributed by atoms with Crippen molar-refractivity contribution in [1.82, 2.24) is 15.7 Å². The lowest BCUT2D eigenvalue weighted by molar-refractivity contribution is -0.120. The second-order valence-electron chi connectivity index (χ2n) is 4.39. The molecule has 2 rings (SSSR count). The molecule has 0 aliphatic rings. The van der Waals surface area contributed by atoms with Crippen molar-refractivity contribution in [2.75, 3.05) is 6.54 Å². The fraction of sp³-hybridized carbons (Fsp3) is 0.0667. The summed E-state index contributed by atoms with van der Waals surface area (Å²) in [5.41, 5.74) is 3.35. The Balaban J connectivity index is 1.80. The van der Waals surface area contributed by atoms with Crippen molar-refractivity contribution in [1.29, 1.82) is 0 Å². The van der Waals surface area contributed by atoms with E-state index in [0.29, 0.717) is 10.6 Å². The topological polar surface area (TPSA) is 83.5 Å². The first-order valence-electron chi connectivity index (χ1n) is 6.51. The molecule has 0 bridgehead atoms. The fourth-order valence-corrected chi connectivity index (χ4v) is 1.87. The standard InChI is InChI=1S/C15H12Cl2N4O2/c16-12-4-3-11(6-13(12)17)15(23)19-9-14(22)21-20-8-10-2-1-5-18-7-10/h1-8H,9H2,(H,19,23)(H,21,22)/b20-8+. The van der Waals surface area contributed by atoms with Gasteiger partial charge in [0.1, 0.15) is 0 Å². The van der Waals surface area contributed by atoms with E-state index >= 15 is 0 Å². The highest BCUT2D eigenvalue weighted by atomic mass is 35.5. The van der Waals surface area contributed by atoms with E-state index in [0.717, 1.165) is 5.56 Å². The Morgan fingerprint density at radius 3 is 2.74 bits per heavy atom. The third-order valence-corrected chi connectivity index (χ3v) is 3.42. The first-order chi connectivity index (χ1) is 11.1. The summed E-state index contributed by atoms with van der Waals surface area (Å²) < 4.78 is 0. The summed E-state index contributed by atoms with van der Waals surface area (Å²) in [6, 6.07) is 7.99. The monoisotopic (exact) mass is 350 g/mol. The third kappa shape index (κ3) is 5.36. The van der Waals surface area contributed by atoms with E-state index in [1.165, 1.54) is 24.4 Å².